The Labute approximate surface area is 104 Å². The molecule has 3 nitrogen and oxygen atoms in total. The quantitative estimate of drug-likeness (QED) is 0.582. The van der Waals surface area contributed by atoms with Crippen molar-refractivity contribution >= 4 is 11.4 Å². The van der Waals surface area contributed by atoms with Gasteiger partial charge >= 0.3 is 0 Å². The van der Waals surface area contributed by atoms with E-state index in [-0.39, 0.29) is 0 Å². The van der Waals surface area contributed by atoms with E-state index in [0.29, 0.717) is 11.3 Å². The van der Waals surface area contributed by atoms with Crippen molar-refractivity contribution in [3.8, 4) is 6.07 Å². The third kappa shape index (κ3) is 4.78. The number of nitrogens with two attached hydrogens (primary N) is 1. The lowest BCUT2D eigenvalue weighted by Gasteiger charge is -2.08. The summed E-state index contributed by atoms with van der Waals surface area (Å²) >= 11 is 0. The van der Waals surface area contributed by atoms with Gasteiger partial charge in [-0.3, -0.25) is 0 Å². The molecule has 92 valence electrons. The van der Waals surface area contributed by atoms with E-state index in [1.54, 1.807) is 6.07 Å². The number of anilines is 2. The van der Waals surface area contributed by atoms with Crippen molar-refractivity contribution in [2.45, 2.75) is 33.1 Å². The van der Waals surface area contributed by atoms with Gasteiger partial charge in [-0.1, -0.05) is 26.7 Å². The number of hydrogen-bond donors (Lipinski definition) is 2. The summed E-state index contributed by atoms with van der Waals surface area (Å²) in [6.45, 7) is 5.45. The normalized spacial score (nSPS) is 10.2. The molecule has 0 aromatic heterocycles. The number of unbranched alkanes of at least 4 members (excludes halogenated alkanes) is 1. The van der Waals surface area contributed by atoms with Gasteiger partial charge in [-0.05, 0) is 30.5 Å². The third-order valence-electron chi connectivity index (χ3n) is 2.71. The van der Waals surface area contributed by atoms with Crippen molar-refractivity contribution in [2.75, 3.05) is 17.6 Å². The molecule has 0 aliphatic rings. The molecule has 0 fully saturated rings. The highest BCUT2D eigenvalue weighted by molar-refractivity contribution is 5.62. The van der Waals surface area contributed by atoms with Crippen LogP contribution in [0.3, 0.4) is 0 Å². The Kier molecular flexibility index (Phi) is 5.35. The van der Waals surface area contributed by atoms with Crippen LogP contribution in [0.4, 0.5) is 11.4 Å². The summed E-state index contributed by atoms with van der Waals surface area (Å²) in [5.41, 5.74) is 7.81. The first kappa shape index (κ1) is 13.4. The van der Waals surface area contributed by atoms with Crippen LogP contribution in [-0.2, 0) is 0 Å². The minimum absolute atomic E-state index is 0.537. The molecule has 0 atom stereocenters. The second-order valence-electron chi connectivity index (χ2n) is 4.73. The van der Waals surface area contributed by atoms with Gasteiger partial charge < -0.3 is 11.1 Å². The van der Waals surface area contributed by atoms with Gasteiger partial charge in [-0.25, -0.2) is 0 Å². The molecule has 0 amide bonds. The van der Waals surface area contributed by atoms with Crippen LogP contribution in [-0.4, -0.2) is 6.54 Å². The Bertz CT molecular complexity index is 391. The van der Waals surface area contributed by atoms with Crippen molar-refractivity contribution in [3.05, 3.63) is 23.8 Å². The molecule has 0 bridgehead atoms. The lowest BCUT2D eigenvalue weighted by atomic mass is 10.1. The minimum atomic E-state index is 0.537. The van der Waals surface area contributed by atoms with E-state index in [2.05, 4.69) is 25.2 Å². The van der Waals surface area contributed by atoms with E-state index in [9.17, 15) is 0 Å². The summed E-state index contributed by atoms with van der Waals surface area (Å²) in [5, 5.41) is 12.1. The number of nitriles is 1. The Morgan fingerprint density at radius 2 is 2.12 bits per heavy atom. The van der Waals surface area contributed by atoms with Crippen LogP contribution in [0.1, 0.15) is 38.7 Å². The third-order valence-corrected chi connectivity index (χ3v) is 2.71. The standard InChI is InChI=1S/C14H21N3/c1-11(2)5-3-4-8-17-13-7-6-12(10-15)14(16)9-13/h6-7,9,11,17H,3-5,8,16H2,1-2H3. The molecule has 0 aliphatic carbocycles. The predicted molar refractivity (Wildman–Crippen MR) is 72.7 cm³/mol. The molecule has 1 rings (SSSR count). The molecule has 0 unspecified atom stereocenters. The fourth-order valence-electron chi connectivity index (χ4n) is 1.68. The van der Waals surface area contributed by atoms with Crippen LogP contribution in [0.2, 0.25) is 0 Å². The zero-order valence-electron chi connectivity index (χ0n) is 10.7. The fourth-order valence-corrected chi connectivity index (χ4v) is 1.68. The number of hydrogen-bond acceptors (Lipinski definition) is 3. The maximum atomic E-state index is 8.76. The van der Waals surface area contributed by atoms with E-state index in [4.69, 9.17) is 11.0 Å². The van der Waals surface area contributed by atoms with E-state index in [1.807, 2.05) is 12.1 Å². The second-order valence-corrected chi connectivity index (χ2v) is 4.73. The number of nitrogens with one attached hydrogen (secondary N) is 1. The summed E-state index contributed by atoms with van der Waals surface area (Å²) in [7, 11) is 0. The monoisotopic (exact) mass is 231 g/mol. The Hall–Kier alpha value is -1.69. The van der Waals surface area contributed by atoms with E-state index in [1.165, 1.54) is 12.8 Å². The molecule has 0 radical (unpaired) electrons. The summed E-state index contributed by atoms with van der Waals surface area (Å²) in [6, 6.07) is 7.53. The van der Waals surface area contributed by atoms with Crippen LogP contribution < -0.4 is 11.1 Å². The summed E-state index contributed by atoms with van der Waals surface area (Å²) in [4.78, 5) is 0. The first-order chi connectivity index (χ1) is 8.13. The lowest BCUT2D eigenvalue weighted by Crippen LogP contribution is -2.03. The average molecular weight is 231 g/mol. The Morgan fingerprint density at radius 1 is 1.35 bits per heavy atom. The second kappa shape index (κ2) is 6.80. The molecule has 0 heterocycles. The fraction of sp³-hybridized carbons (Fsp3) is 0.500. The SMILES string of the molecule is CC(C)CCCCNc1ccc(C#N)c(N)c1. The minimum Gasteiger partial charge on any atom is -0.398 e. The van der Waals surface area contributed by atoms with Crippen LogP contribution >= 0.6 is 0 Å². The number of benzene rings is 1. The zero-order valence-corrected chi connectivity index (χ0v) is 10.7. The van der Waals surface area contributed by atoms with Crippen LogP contribution in [0.25, 0.3) is 0 Å². The maximum absolute atomic E-state index is 8.76. The summed E-state index contributed by atoms with van der Waals surface area (Å²) < 4.78 is 0. The van der Waals surface area contributed by atoms with Crippen LogP contribution in [0.15, 0.2) is 18.2 Å². The summed E-state index contributed by atoms with van der Waals surface area (Å²) in [5.74, 6) is 0.778. The first-order valence-electron chi connectivity index (χ1n) is 6.17. The van der Waals surface area contributed by atoms with Crippen molar-refractivity contribution in [1.29, 1.82) is 5.26 Å². The molecule has 0 aliphatic heterocycles. The summed E-state index contributed by atoms with van der Waals surface area (Å²) in [6.07, 6.45) is 3.69. The molecule has 1 aromatic rings. The zero-order chi connectivity index (χ0) is 12.7. The highest BCUT2D eigenvalue weighted by Gasteiger charge is 1.99. The topological polar surface area (TPSA) is 61.8 Å². The van der Waals surface area contributed by atoms with E-state index < -0.39 is 0 Å². The number of nitrogens with zero attached hydrogens (tertiary/aromatic N) is 1. The molecule has 3 heteroatoms. The molecule has 17 heavy (non-hydrogen) atoms. The highest BCUT2D eigenvalue weighted by Crippen LogP contribution is 2.17. The number of rotatable bonds is 6. The Morgan fingerprint density at radius 3 is 2.71 bits per heavy atom. The molecule has 0 saturated heterocycles. The van der Waals surface area contributed by atoms with Crippen molar-refractivity contribution in [2.24, 2.45) is 5.92 Å². The predicted octanol–water partition coefficient (Wildman–Crippen LogP) is 3.38. The van der Waals surface area contributed by atoms with Gasteiger partial charge in [0.15, 0.2) is 0 Å². The smallest absolute Gasteiger partial charge is 0.101 e. The molecule has 0 spiro atoms. The largest absolute Gasteiger partial charge is 0.398 e. The molecule has 0 saturated carbocycles. The molecule has 1 aromatic carbocycles. The van der Waals surface area contributed by atoms with Crippen molar-refractivity contribution < 1.29 is 0 Å². The molecule has 3 N–H and O–H groups in total. The average Bonchev–Trinajstić information content (AvgIpc) is 2.28. The van der Waals surface area contributed by atoms with Crippen LogP contribution in [0, 0.1) is 17.2 Å². The van der Waals surface area contributed by atoms with Crippen molar-refractivity contribution in [3.63, 3.8) is 0 Å². The number of nitrogen functional groups attached to an aromatic ring is 1. The van der Waals surface area contributed by atoms with Crippen molar-refractivity contribution in [1.82, 2.24) is 0 Å². The van der Waals surface area contributed by atoms with E-state index in [0.717, 1.165) is 24.6 Å². The van der Waals surface area contributed by atoms with Gasteiger partial charge in [-0.15, -0.1) is 0 Å². The van der Waals surface area contributed by atoms with Crippen LogP contribution in [0.5, 0.6) is 0 Å². The van der Waals surface area contributed by atoms with Gasteiger partial charge in [0.25, 0.3) is 0 Å². The molecular weight excluding hydrogens is 210 g/mol. The van der Waals surface area contributed by atoms with Gasteiger partial charge in [-0.2, -0.15) is 5.26 Å². The highest BCUT2D eigenvalue weighted by atomic mass is 14.9. The lowest BCUT2D eigenvalue weighted by molar-refractivity contribution is 0.545. The maximum Gasteiger partial charge on any atom is 0.101 e. The van der Waals surface area contributed by atoms with Gasteiger partial charge in [0.2, 0.25) is 0 Å². The van der Waals surface area contributed by atoms with Gasteiger partial charge in [0.05, 0.1) is 11.3 Å². The first-order valence-corrected chi connectivity index (χ1v) is 6.17. The van der Waals surface area contributed by atoms with E-state index >= 15 is 0 Å². The molecular formula is C14H21N3. The van der Waals surface area contributed by atoms with Gasteiger partial charge in [0.1, 0.15) is 6.07 Å². The Balaban J connectivity index is 2.33. The van der Waals surface area contributed by atoms with Gasteiger partial charge in [0, 0.05) is 12.2 Å².